The summed E-state index contributed by atoms with van der Waals surface area (Å²) in [5.41, 5.74) is 0. The molecule has 1 N–H and O–H groups in total. The Hall–Kier alpha value is -0.170. The van der Waals surface area contributed by atoms with Crippen molar-refractivity contribution in [2.45, 2.75) is 58.4 Å². The molecule has 1 saturated heterocycles. The van der Waals surface area contributed by atoms with Crippen LogP contribution in [0.2, 0.25) is 0 Å². The summed E-state index contributed by atoms with van der Waals surface area (Å²) in [4.78, 5) is 0. The van der Waals surface area contributed by atoms with Crippen LogP contribution in [0.3, 0.4) is 0 Å². The van der Waals surface area contributed by atoms with Crippen LogP contribution in [0.4, 0.5) is 0 Å². The first-order chi connectivity index (χ1) is 9.95. The van der Waals surface area contributed by atoms with E-state index >= 15 is 0 Å². The summed E-state index contributed by atoms with van der Waals surface area (Å²) in [6.45, 7) is 5.59. The second kappa shape index (κ2) is 7.40. The predicted molar refractivity (Wildman–Crippen MR) is 84.1 cm³/mol. The summed E-state index contributed by atoms with van der Waals surface area (Å²) in [5, 5.41) is 9.31. The van der Waals surface area contributed by atoms with Crippen molar-refractivity contribution in [3.8, 4) is 0 Å². The minimum atomic E-state index is -3.45. The average molecular weight is 318 g/mol. The molecule has 6 heteroatoms. The van der Waals surface area contributed by atoms with Crippen molar-refractivity contribution in [2.24, 2.45) is 11.8 Å². The van der Waals surface area contributed by atoms with Gasteiger partial charge in [0.2, 0.25) is 0 Å². The summed E-state index contributed by atoms with van der Waals surface area (Å²) in [5.74, 6) is 0.816. The molecule has 21 heavy (non-hydrogen) atoms. The van der Waals surface area contributed by atoms with Crippen molar-refractivity contribution < 1.29 is 13.5 Å². The Morgan fingerprint density at radius 1 is 1.10 bits per heavy atom. The van der Waals surface area contributed by atoms with E-state index in [2.05, 4.69) is 13.8 Å². The van der Waals surface area contributed by atoms with Gasteiger partial charge in [0, 0.05) is 25.7 Å². The molecule has 1 saturated carbocycles. The molecule has 2 rings (SSSR count). The molecule has 0 spiro atoms. The van der Waals surface area contributed by atoms with Gasteiger partial charge in [0.1, 0.15) is 0 Å². The third kappa shape index (κ3) is 4.18. The van der Waals surface area contributed by atoms with Crippen molar-refractivity contribution in [1.82, 2.24) is 8.61 Å². The van der Waals surface area contributed by atoms with Crippen molar-refractivity contribution >= 4 is 10.2 Å². The van der Waals surface area contributed by atoms with Crippen LogP contribution < -0.4 is 0 Å². The van der Waals surface area contributed by atoms with E-state index < -0.39 is 10.2 Å². The molecule has 0 radical (unpaired) electrons. The fourth-order valence-corrected chi connectivity index (χ4v) is 5.98. The summed E-state index contributed by atoms with van der Waals surface area (Å²) >= 11 is 0. The van der Waals surface area contributed by atoms with Gasteiger partial charge in [-0.2, -0.15) is 17.0 Å². The molecular formula is C15H30N2O3S. The molecule has 2 atom stereocenters. The average Bonchev–Trinajstić information content (AvgIpc) is 2.44. The first-order valence-corrected chi connectivity index (χ1v) is 9.72. The number of piperidine rings is 1. The lowest BCUT2D eigenvalue weighted by molar-refractivity contribution is 0.168. The number of hydrogen-bond donors (Lipinski definition) is 1. The summed E-state index contributed by atoms with van der Waals surface area (Å²) in [6, 6.07) is 0.0726. The van der Waals surface area contributed by atoms with E-state index in [1.807, 2.05) is 0 Å². The Balaban J connectivity index is 2.16. The molecule has 1 aliphatic heterocycles. The zero-order chi connectivity index (χ0) is 15.5. The Kier molecular flexibility index (Phi) is 6.05. The monoisotopic (exact) mass is 318 g/mol. The molecule has 2 unspecified atom stereocenters. The molecule has 2 aliphatic rings. The van der Waals surface area contributed by atoms with E-state index in [-0.39, 0.29) is 19.2 Å². The number of aliphatic hydroxyl groups is 1. The maximum Gasteiger partial charge on any atom is 0.282 e. The van der Waals surface area contributed by atoms with Gasteiger partial charge in [-0.3, -0.25) is 0 Å². The quantitative estimate of drug-likeness (QED) is 0.841. The molecular weight excluding hydrogens is 288 g/mol. The van der Waals surface area contributed by atoms with Gasteiger partial charge < -0.3 is 5.11 Å². The van der Waals surface area contributed by atoms with Crippen LogP contribution in [-0.4, -0.2) is 54.4 Å². The highest BCUT2D eigenvalue weighted by molar-refractivity contribution is 7.86. The number of hydrogen-bond acceptors (Lipinski definition) is 3. The van der Waals surface area contributed by atoms with Crippen LogP contribution >= 0.6 is 0 Å². The topological polar surface area (TPSA) is 60.9 Å². The molecule has 0 aromatic rings. The Morgan fingerprint density at radius 2 is 1.67 bits per heavy atom. The van der Waals surface area contributed by atoms with Crippen LogP contribution in [0, 0.1) is 11.8 Å². The van der Waals surface area contributed by atoms with Crippen LogP contribution in [0.1, 0.15) is 52.4 Å². The van der Waals surface area contributed by atoms with Gasteiger partial charge >= 0.3 is 0 Å². The van der Waals surface area contributed by atoms with E-state index in [1.54, 1.807) is 8.61 Å². The molecule has 5 nitrogen and oxygen atoms in total. The lowest BCUT2D eigenvalue weighted by atomic mass is 9.94. The van der Waals surface area contributed by atoms with Crippen LogP contribution in [0.25, 0.3) is 0 Å². The second-order valence-corrected chi connectivity index (χ2v) is 8.78. The van der Waals surface area contributed by atoms with Crippen molar-refractivity contribution in [3.63, 3.8) is 0 Å². The normalized spacial score (nSPS) is 29.9. The zero-order valence-electron chi connectivity index (χ0n) is 13.4. The van der Waals surface area contributed by atoms with Crippen molar-refractivity contribution in [3.05, 3.63) is 0 Å². The molecule has 0 aromatic heterocycles. The first kappa shape index (κ1) is 17.2. The largest absolute Gasteiger partial charge is 0.395 e. The van der Waals surface area contributed by atoms with Crippen molar-refractivity contribution in [1.29, 1.82) is 0 Å². The van der Waals surface area contributed by atoms with E-state index in [0.29, 0.717) is 24.9 Å². The third-order valence-corrected chi connectivity index (χ3v) is 6.78. The zero-order valence-corrected chi connectivity index (χ0v) is 14.2. The van der Waals surface area contributed by atoms with Crippen LogP contribution in [-0.2, 0) is 10.2 Å². The summed E-state index contributed by atoms with van der Waals surface area (Å²) < 4.78 is 29.2. The van der Waals surface area contributed by atoms with Gasteiger partial charge in [-0.25, -0.2) is 0 Å². The van der Waals surface area contributed by atoms with Gasteiger partial charge in [-0.1, -0.05) is 33.1 Å². The molecule has 0 aromatic carbocycles. The van der Waals surface area contributed by atoms with E-state index in [1.165, 1.54) is 6.42 Å². The smallest absolute Gasteiger partial charge is 0.282 e. The highest BCUT2D eigenvalue weighted by atomic mass is 32.2. The highest BCUT2D eigenvalue weighted by Gasteiger charge is 2.38. The first-order valence-electron chi connectivity index (χ1n) is 8.33. The second-order valence-electron chi connectivity index (χ2n) is 6.90. The maximum atomic E-state index is 13.0. The molecule has 124 valence electrons. The number of nitrogens with zero attached hydrogens (tertiary/aromatic N) is 2. The van der Waals surface area contributed by atoms with E-state index in [9.17, 15) is 13.5 Å². The molecule has 1 heterocycles. The minimum Gasteiger partial charge on any atom is -0.395 e. The number of aliphatic hydroxyl groups excluding tert-OH is 1. The lowest BCUT2D eigenvalue weighted by Crippen LogP contribution is -2.53. The SMILES string of the molecule is CC1CC(C)CN(S(=O)(=O)N(CCO)C2CCCCC2)C1. The molecule has 0 amide bonds. The highest BCUT2D eigenvalue weighted by Crippen LogP contribution is 2.29. The van der Waals surface area contributed by atoms with Crippen molar-refractivity contribution in [2.75, 3.05) is 26.2 Å². The van der Waals surface area contributed by atoms with E-state index in [0.717, 1.165) is 32.1 Å². The molecule has 0 bridgehead atoms. The Labute approximate surface area is 129 Å². The lowest BCUT2D eigenvalue weighted by Gasteiger charge is -2.40. The minimum absolute atomic E-state index is 0.0726. The van der Waals surface area contributed by atoms with E-state index in [4.69, 9.17) is 0 Å². The van der Waals surface area contributed by atoms with Gasteiger partial charge in [0.05, 0.1) is 6.61 Å². The molecule has 2 fully saturated rings. The molecule has 1 aliphatic carbocycles. The fraction of sp³-hybridized carbons (Fsp3) is 1.00. The Bertz CT molecular complexity index is 411. The predicted octanol–water partition coefficient (Wildman–Crippen LogP) is 1.84. The Morgan fingerprint density at radius 3 is 2.19 bits per heavy atom. The van der Waals surface area contributed by atoms with Gasteiger partial charge in [0.15, 0.2) is 0 Å². The van der Waals surface area contributed by atoms with Gasteiger partial charge in [-0.05, 0) is 31.1 Å². The van der Waals surface area contributed by atoms with Gasteiger partial charge in [-0.15, -0.1) is 0 Å². The van der Waals surface area contributed by atoms with Crippen LogP contribution in [0.5, 0.6) is 0 Å². The summed E-state index contributed by atoms with van der Waals surface area (Å²) in [6.07, 6.45) is 6.33. The third-order valence-electron chi connectivity index (χ3n) is 4.76. The summed E-state index contributed by atoms with van der Waals surface area (Å²) in [7, 11) is -3.45. The number of rotatable bonds is 5. The van der Waals surface area contributed by atoms with Crippen LogP contribution in [0.15, 0.2) is 0 Å². The standard InChI is InChI=1S/C15H30N2O3S/c1-13-10-14(2)12-16(11-13)21(19,20)17(8-9-18)15-6-4-3-5-7-15/h13-15,18H,3-12H2,1-2H3. The fourth-order valence-electron chi connectivity index (χ4n) is 3.90. The van der Waals surface area contributed by atoms with Gasteiger partial charge in [0.25, 0.3) is 10.2 Å². The maximum absolute atomic E-state index is 13.0.